The van der Waals surface area contributed by atoms with E-state index in [4.69, 9.17) is 5.26 Å². The molecule has 0 amide bonds. The Morgan fingerprint density at radius 1 is 1.53 bits per heavy atom. The maximum Gasteiger partial charge on any atom is 0.287 e. The number of aromatic amines is 1. The monoisotopic (exact) mass is 257 g/mol. The molecule has 1 heterocycles. The first-order valence-corrected chi connectivity index (χ1v) is 5.60. The Labute approximate surface area is 109 Å². The number of hydrogen-bond donors (Lipinski definition) is 2. The smallest absolute Gasteiger partial charge is 0.287 e. The van der Waals surface area contributed by atoms with Crippen LogP contribution in [0.2, 0.25) is 0 Å². The van der Waals surface area contributed by atoms with Crippen LogP contribution in [0.15, 0.2) is 30.7 Å². The second-order valence-electron chi connectivity index (χ2n) is 3.85. The molecule has 0 aliphatic rings. The van der Waals surface area contributed by atoms with Crippen molar-refractivity contribution in [3.63, 3.8) is 0 Å². The van der Waals surface area contributed by atoms with Crippen LogP contribution in [-0.2, 0) is 6.42 Å². The van der Waals surface area contributed by atoms with Gasteiger partial charge in [0.15, 0.2) is 0 Å². The van der Waals surface area contributed by atoms with E-state index in [-0.39, 0.29) is 11.3 Å². The summed E-state index contributed by atoms with van der Waals surface area (Å²) in [4.78, 5) is 17.0. The van der Waals surface area contributed by atoms with Gasteiger partial charge in [0.1, 0.15) is 11.6 Å². The lowest BCUT2D eigenvalue weighted by Gasteiger charge is -2.05. The number of benzene rings is 1. The molecular formula is C12H11N5O2. The topological polar surface area (TPSA) is 108 Å². The van der Waals surface area contributed by atoms with Crippen LogP contribution < -0.4 is 5.32 Å². The molecule has 19 heavy (non-hydrogen) atoms. The molecule has 2 N–H and O–H groups in total. The Hall–Kier alpha value is -2.88. The standard InChI is InChI=1S/C12H11N5O2/c13-6-9-5-10(1-2-12(9)17(18)19)15-4-3-11-7-14-8-16-11/h1-2,5,7-8,15H,3-4H2,(H,14,16). The predicted octanol–water partition coefficient (Wildman–Crippen LogP) is 1.84. The van der Waals surface area contributed by atoms with Crippen LogP contribution in [0.1, 0.15) is 11.3 Å². The molecule has 0 aliphatic carbocycles. The van der Waals surface area contributed by atoms with Gasteiger partial charge in [0, 0.05) is 36.6 Å². The van der Waals surface area contributed by atoms with Crippen LogP contribution >= 0.6 is 0 Å². The van der Waals surface area contributed by atoms with E-state index in [0.717, 1.165) is 12.1 Å². The lowest BCUT2D eigenvalue weighted by atomic mass is 10.1. The van der Waals surface area contributed by atoms with Gasteiger partial charge in [-0.15, -0.1) is 0 Å². The van der Waals surface area contributed by atoms with Crippen molar-refractivity contribution in [3.8, 4) is 6.07 Å². The number of rotatable bonds is 5. The van der Waals surface area contributed by atoms with Crippen LogP contribution in [0.3, 0.4) is 0 Å². The van der Waals surface area contributed by atoms with Crippen molar-refractivity contribution in [2.24, 2.45) is 0 Å². The molecule has 1 aromatic carbocycles. The molecule has 7 nitrogen and oxygen atoms in total. The Morgan fingerprint density at radius 3 is 3.00 bits per heavy atom. The second-order valence-corrected chi connectivity index (χ2v) is 3.85. The van der Waals surface area contributed by atoms with E-state index in [2.05, 4.69) is 15.3 Å². The first kappa shape index (κ1) is 12.6. The third-order valence-electron chi connectivity index (χ3n) is 2.59. The number of nitro benzene ring substituents is 1. The number of nitrogens with zero attached hydrogens (tertiary/aromatic N) is 3. The minimum absolute atomic E-state index is 0.0524. The summed E-state index contributed by atoms with van der Waals surface area (Å²) in [6.07, 6.45) is 4.09. The van der Waals surface area contributed by atoms with Gasteiger partial charge in [-0.2, -0.15) is 5.26 Å². The molecule has 0 unspecified atom stereocenters. The number of nitriles is 1. The molecule has 0 saturated carbocycles. The first-order chi connectivity index (χ1) is 9.20. The van der Waals surface area contributed by atoms with Gasteiger partial charge in [0.2, 0.25) is 0 Å². The fourth-order valence-electron chi connectivity index (χ4n) is 1.66. The summed E-state index contributed by atoms with van der Waals surface area (Å²) < 4.78 is 0. The molecule has 0 aliphatic heterocycles. The summed E-state index contributed by atoms with van der Waals surface area (Å²) in [5, 5.41) is 22.7. The van der Waals surface area contributed by atoms with Gasteiger partial charge in [-0.1, -0.05) is 0 Å². The minimum atomic E-state index is -0.563. The van der Waals surface area contributed by atoms with E-state index < -0.39 is 4.92 Å². The Balaban J connectivity index is 2.01. The Bertz CT molecular complexity index is 616. The minimum Gasteiger partial charge on any atom is -0.385 e. The van der Waals surface area contributed by atoms with Crippen molar-refractivity contribution in [3.05, 3.63) is 52.1 Å². The van der Waals surface area contributed by atoms with Gasteiger partial charge in [-0.25, -0.2) is 4.98 Å². The van der Waals surface area contributed by atoms with E-state index in [9.17, 15) is 10.1 Å². The Morgan fingerprint density at radius 2 is 2.37 bits per heavy atom. The summed E-state index contributed by atoms with van der Waals surface area (Å²) >= 11 is 0. The summed E-state index contributed by atoms with van der Waals surface area (Å²) in [5.41, 5.74) is 1.55. The third-order valence-corrected chi connectivity index (χ3v) is 2.59. The van der Waals surface area contributed by atoms with Crippen molar-refractivity contribution in [2.45, 2.75) is 6.42 Å². The largest absolute Gasteiger partial charge is 0.385 e. The van der Waals surface area contributed by atoms with Crippen LogP contribution in [0.5, 0.6) is 0 Å². The number of anilines is 1. The van der Waals surface area contributed by atoms with Gasteiger partial charge in [0.05, 0.1) is 11.3 Å². The molecule has 96 valence electrons. The summed E-state index contributed by atoms with van der Waals surface area (Å²) in [6.45, 7) is 0.644. The highest BCUT2D eigenvalue weighted by Crippen LogP contribution is 2.21. The zero-order valence-corrected chi connectivity index (χ0v) is 9.96. The molecule has 2 rings (SSSR count). The van der Waals surface area contributed by atoms with Crippen LogP contribution in [-0.4, -0.2) is 21.4 Å². The van der Waals surface area contributed by atoms with Crippen molar-refractivity contribution < 1.29 is 4.92 Å². The van der Waals surface area contributed by atoms with Gasteiger partial charge in [-0.3, -0.25) is 10.1 Å². The molecule has 7 heteroatoms. The highest BCUT2D eigenvalue weighted by atomic mass is 16.6. The second kappa shape index (κ2) is 5.64. The van der Waals surface area contributed by atoms with Crippen molar-refractivity contribution in [1.29, 1.82) is 5.26 Å². The number of H-pyrrole nitrogens is 1. The zero-order valence-electron chi connectivity index (χ0n) is 9.96. The maximum atomic E-state index is 10.7. The molecule has 0 atom stereocenters. The lowest BCUT2D eigenvalue weighted by molar-refractivity contribution is -0.385. The van der Waals surface area contributed by atoms with E-state index in [0.29, 0.717) is 12.2 Å². The molecule has 0 spiro atoms. The number of nitrogens with one attached hydrogen (secondary N) is 2. The summed E-state index contributed by atoms with van der Waals surface area (Å²) in [7, 11) is 0. The maximum absolute atomic E-state index is 10.7. The average molecular weight is 257 g/mol. The molecule has 0 radical (unpaired) electrons. The average Bonchev–Trinajstić information content (AvgIpc) is 2.91. The summed E-state index contributed by atoms with van der Waals surface area (Å²) in [6, 6.07) is 6.22. The van der Waals surface area contributed by atoms with E-state index in [1.54, 1.807) is 18.6 Å². The molecule has 2 aromatic rings. The molecular weight excluding hydrogens is 246 g/mol. The summed E-state index contributed by atoms with van der Waals surface area (Å²) in [5.74, 6) is 0. The number of nitro groups is 1. The number of hydrogen-bond acceptors (Lipinski definition) is 5. The normalized spacial score (nSPS) is 9.84. The predicted molar refractivity (Wildman–Crippen MR) is 68.6 cm³/mol. The van der Waals surface area contributed by atoms with E-state index in [1.165, 1.54) is 12.1 Å². The van der Waals surface area contributed by atoms with Gasteiger partial charge < -0.3 is 10.3 Å². The molecule has 0 bridgehead atoms. The first-order valence-electron chi connectivity index (χ1n) is 5.60. The zero-order chi connectivity index (χ0) is 13.7. The molecule has 0 saturated heterocycles. The molecule has 1 aromatic heterocycles. The van der Waals surface area contributed by atoms with Gasteiger partial charge in [0.25, 0.3) is 5.69 Å². The SMILES string of the molecule is N#Cc1cc(NCCc2cnc[nH]2)ccc1[N+](=O)[O-]. The molecule has 0 fully saturated rings. The van der Waals surface area contributed by atoms with E-state index in [1.807, 2.05) is 6.07 Å². The number of imidazole rings is 1. The van der Waals surface area contributed by atoms with E-state index >= 15 is 0 Å². The van der Waals surface area contributed by atoms with Crippen LogP contribution in [0.25, 0.3) is 0 Å². The van der Waals surface area contributed by atoms with Crippen LogP contribution in [0, 0.1) is 21.4 Å². The lowest BCUT2D eigenvalue weighted by Crippen LogP contribution is -2.05. The van der Waals surface area contributed by atoms with Crippen molar-refractivity contribution in [1.82, 2.24) is 9.97 Å². The third kappa shape index (κ3) is 3.07. The quantitative estimate of drug-likeness (QED) is 0.627. The highest BCUT2D eigenvalue weighted by molar-refractivity contribution is 5.58. The Kier molecular flexibility index (Phi) is 3.73. The fraction of sp³-hybridized carbons (Fsp3) is 0.167. The van der Waals surface area contributed by atoms with Crippen molar-refractivity contribution >= 4 is 11.4 Å². The fourth-order valence-corrected chi connectivity index (χ4v) is 1.66. The van der Waals surface area contributed by atoms with Crippen molar-refractivity contribution in [2.75, 3.05) is 11.9 Å². The van der Waals surface area contributed by atoms with Gasteiger partial charge in [-0.05, 0) is 12.1 Å². The van der Waals surface area contributed by atoms with Gasteiger partial charge >= 0.3 is 0 Å². The number of aromatic nitrogens is 2. The van der Waals surface area contributed by atoms with Crippen LogP contribution in [0.4, 0.5) is 11.4 Å². The highest BCUT2D eigenvalue weighted by Gasteiger charge is 2.13.